The van der Waals surface area contributed by atoms with E-state index in [1.165, 1.54) is 4.88 Å². The van der Waals surface area contributed by atoms with Gasteiger partial charge in [-0.05, 0) is 71.6 Å². The summed E-state index contributed by atoms with van der Waals surface area (Å²) in [6, 6.07) is 17.5. The van der Waals surface area contributed by atoms with E-state index in [2.05, 4.69) is 52.4 Å². The molecule has 30 heavy (non-hydrogen) atoms. The highest BCUT2D eigenvalue weighted by Crippen LogP contribution is 2.38. The van der Waals surface area contributed by atoms with Gasteiger partial charge in [0, 0.05) is 22.2 Å². The molecule has 1 aromatic carbocycles. The summed E-state index contributed by atoms with van der Waals surface area (Å²) in [4.78, 5) is 18.6. The lowest BCUT2D eigenvalue weighted by Crippen LogP contribution is -2.16. The number of pyridine rings is 1. The monoisotopic (exact) mass is 433 g/mol. The summed E-state index contributed by atoms with van der Waals surface area (Å²) in [7, 11) is 0. The van der Waals surface area contributed by atoms with E-state index in [4.69, 9.17) is 0 Å². The molecule has 1 amide bonds. The number of aromatic nitrogens is 1. The Morgan fingerprint density at radius 2 is 1.97 bits per heavy atom. The number of aryl methyl sites for hydroxylation is 2. The highest BCUT2D eigenvalue weighted by atomic mass is 32.1. The maximum absolute atomic E-state index is 12.8. The number of hydrogen-bond donors (Lipinski definition) is 2. The molecule has 3 heterocycles. The van der Waals surface area contributed by atoms with Crippen LogP contribution in [0.2, 0.25) is 0 Å². The molecule has 1 atom stereocenters. The summed E-state index contributed by atoms with van der Waals surface area (Å²) in [5, 5.41) is 11.8. The average Bonchev–Trinajstić information content (AvgIpc) is 3.43. The van der Waals surface area contributed by atoms with Gasteiger partial charge >= 0.3 is 0 Å². The molecule has 6 heteroatoms. The fraction of sp³-hybridized carbons (Fsp3) is 0.167. The van der Waals surface area contributed by atoms with Crippen LogP contribution in [0.3, 0.4) is 0 Å². The van der Waals surface area contributed by atoms with Crippen molar-refractivity contribution in [1.29, 1.82) is 0 Å². The van der Waals surface area contributed by atoms with Crippen LogP contribution in [0, 0.1) is 6.92 Å². The summed E-state index contributed by atoms with van der Waals surface area (Å²) < 4.78 is 0. The van der Waals surface area contributed by atoms with E-state index in [-0.39, 0.29) is 11.9 Å². The number of carbonyl (C=O) groups excluding carboxylic acids is 1. The predicted octanol–water partition coefficient (Wildman–Crippen LogP) is 6.53. The van der Waals surface area contributed by atoms with Gasteiger partial charge in [-0.2, -0.15) is 11.3 Å². The molecular weight excluding hydrogens is 410 g/mol. The van der Waals surface area contributed by atoms with Crippen molar-refractivity contribution in [2.24, 2.45) is 0 Å². The maximum Gasteiger partial charge on any atom is 0.256 e. The third-order valence-electron chi connectivity index (χ3n) is 4.82. The van der Waals surface area contributed by atoms with Gasteiger partial charge in [-0.3, -0.25) is 4.79 Å². The average molecular weight is 434 g/mol. The molecule has 1 unspecified atom stereocenters. The normalized spacial score (nSPS) is 11.8. The van der Waals surface area contributed by atoms with E-state index in [0.717, 1.165) is 33.9 Å². The number of carbonyl (C=O) groups is 1. The smallest absolute Gasteiger partial charge is 0.256 e. The highest BCUT2D eigenvalue weighted by Gasteiger charge is 2.23. The van der Waals surface area contributed by atoms with Crippen LogP contribution in [0.25, 0.3) is 0 Å². The predicted molar refractivity (Wildman–Crippen MR) is 127 cm³/mol. The van der Waals surface area contributed by atoms with Gasteiger partial charge in [-0.25, -0.2) is 4.98 Å². The quantitative estimate of drug-likeness (QED) is 0.348. The van der Waals surface area contributed by atoms with Crippen LogP contribution < -0.4 is 10.6 Å². The SMILES string of the molecule is CCc1cc(C(Nc2cc(C)ccn2)c2ccsc2)c(NC(=O)c2ccccc2)s1. The van der Waals surface area contributed by atoms with Crippen molar-refractivity contribution in [2.45, 2.75) is 26.3 Å². The molecule has 3 aromatic heterocycles. The van der Waals surface area contributed by atoms with Crippen LogP contribution >= 0.6 is 22.7 Å². The molecule has 0 spiro atoms. The summed E-state index contributed by atoms with van der Waals surface area (Å²) in [6.07, 6.45) is 2.73. The first-order valence-electron chi connectivity index (χ1n) is 9.84. The molecule has 152 valence electrons. The number of rotatable bonds is 7. The Labute approximate surface area is 184 Å². The van der Waals surface area contributed by atoms with E-state index >= 15 is 0 Å². The molecule has 0 bridgehead atoms. The molecule has 4 rings (SSSR count). The van der Waals surface area contributed by atoms with Gasteiger partial charge in [0.15, 0.2) is 0 Å². The van der Waals surface area contributed by atoms with Gasteiger partial charge in [0.05, 0.1) is 6.04 Å². The number of benzene rings is 1. The lowest BCUT2D eigenvalue weighted by atomic mass is 10.0. The van der Waals surface area contributed by atoms with Gasteiger partial charge in [0.1, 0.15) is 10.8 Å². The highest BCUT2D eigenvalue weighted by molar-refractivity contribution is 7.16. The van der Waals surface area contributed by atoms with Crippen LogP contribution in [0.15, 0.2) is 71.6 Å². The molecular formula is C24H23N3OS2. The van der Waals surface area contributed by atoms with Gasteiger partial charge < -0.3 is 10.6 Å². The summed E-state index contributed by atoms with van der Waals surface area (Å²) >= 11 is 3.29. The maximum atomic E-state index is 12.8. The number of amides is 1. The number of thiophene rings is 2. The second-order valence-corrected chi connectivity index (χ2v) is 8.94. The fourth-order valence-electron chi connectivity index (χ4n) is 3.25. The number of hydrogen-bond acceptors (Lipinski definition) is 5. The third-order valence-corrected chi connectivity index (χ3v) is 6.73. The first-order valence-corrected chi connectivity index (χ1v) is 11.6. The molecule has 4 aromatic rings. The Hall–Kier alpha value is -2.96. The minimum atomic E-state index is -0.104. The fourth-order valence-corrected chi connectivity index (χ4v) is 4.97. The van der Waals surface area contributed by atoms with Crippen molar-refractivity contribution in [1.82, 2.24) is 4.98 Å². The summed E-state index contributed by atoms with van der Waals surface area (Å²) in [6.45, 7) is 4.19. The number of nitrogens with one attached hydrogen (secondary N) is 2. The lowest BCUT2D eigenvalue weighted by molar-refractivity contribution is 0.102. The van der Waals surface area contributed by atoms with Gasteiger partial charge in [0.25, 0.3) is 5.91 Å². The Bertz CT molecular complexity index is 1120. The van der Waals surface area contributed by atoms with Crippen molar-refractivity contribution >= 4 is 39.4 Å². The van der Waals surface area contributed by atoms with E-state index < -0.39 is 0 Å². The minimum absolute atomic E-state index is 0.0981. The van der Waals surface area contributed by atoms with E-state index in [1.807, 2.05) is 48.7 Å². The Kier molecular flexibility index (Phi) is 6.26. The molecule has 0 saturated heterocycles. The molecule has 4 nitrogen and oxygen atoms in total. The van der Waals surface area contributed by atoms with Gasteiger partial charge in [-0.1, -0.05) is 25.1 Å². The van der Waals surface area contributed by atoms with E-state index in [0.29, 0.717) is 5.56 Å². The Morgan fingerprint density at radius 3 is 2.67 bits per heavy atom. The number of nitrogens with zero attached hydrogens (tertiary/aromatic N) is 1. The molecule has 0 saturated carbocycles. The van der Waals surface area contributed by atoms with E-state index in [1.54, 1.807) is 22.7 Å². The Balaban J connectivity index is 1.71. The molecule has 0 aliphatic carbocycles. The third kappa shape index (κ3) is 4.61. The van der Waals surface area contributed by atoms with Crippen molar-refractivity contribution in [3.05, 3.63) is 98.7 Å². The summed E-state index contributed by atoms with van der Waals surface area (Å²) in [5.74, 6) is 0.717. The van der Waals surface area contributed by atoms with Crippen LogP contribution in [0.4, 0.5) is 10.8 Å². The van der Waals surface area contributed by atoms with Gasteiger partial charge in [0.2, 0.25) is 0 Å². The standard InChI is InChI=1S/C24H23N3OS2/c1-3-19-14-20(24(30-19)27-23(28)17-7-5-4-6-8-17)22(18-10-12-29-15-18)26-21-13-16(2)9-11-25-21/h4-15,22H,3H2,1-2H3,(H,25,26)(H,27,28). The first-order chi connectivity index (χ1) is 14.6. The lowest BCUT2D eigenvalue weighted by Gasteiger charge is -2.20. The van der Waals surface area contributed by atoms with Crippen molar-refractivity contribution in [3.63, 3.8) is 0 Å². The molecule has 0 aliphatic rings. The topological polar surface area (TPSA) is 54.0 Å². The molecule has 0 fully saturated rings. The zero-order valence-electron chi connectivity index (χ0n) is 16.9. The second-order valence-electron chi connectivity index (χ2n) is 7.02. The Morgan fingerprint density at radius 1 is 1.13 bits per heavy atom. The van der Waals surface area contributed by atoms with Crippen LogP contribution in [-0.2, 0) is 6.42 Å². The molecule has 0 aliphatic heterocycles. The summed E-state index contributed by atoms with van der Waals surface area (Å²) in [5.41, 5.74) is 4.01. The van der Waals surface area contributed by atoms with Crippen LogP contribution in [0.1, 0.15) is 44.9 Å². The van der Waals surface area contributed by atoms with Crippen molar-refractivity contribution in [2.75, 3.05) is 10.6 Å². The minimum Gasteiger partial charge on any atom is -0.359 e. The first kappa shape index (κ1) is 20.3. The zero-order valence-corrected chi connectivity index (χ0v) is 18.5. The van der Waals surface area contributed by atoms with Gasteiger partial charge in [-0.15, -0.1) is 11.3 Å². The largest absolute Gasteiger partial charge is 0.359 e. The van der Waals surface area contributed by atoms with Crippen molar-refractivity contribution in [3.8, 4) is 0 Å². The van der Waals surface area contributed by atoms with Crippen LogP contribution in [0.5, 0.6) is 0 Å². The number of anilines is 2. The van der Waals surface area contributed by atoms with E-state index in [9.17, 15) is 4.79 Å². The van der Waals surface area contributed by atoms with Crippen LogP contribution in [-0.4, -0.2) is 10.9 Å². The van der Waals surface area contributed by atoms with Crippen molar-refractivity contribution < 1.29 is 4.79 Å². The molecule has 0 radical (unpaired) electrons. The second kappa shape index (κ2) is 9.24. The molecule has 2 N–H and O–H groups in total. The zero-order chi connectivity index (χ0) is 20.9.